The number of aryl methyl sites for hydroxylation is 2. The molecule has 1 N–H and O–H groups in total. The molecule has 5 heteroatoms. The zero-order chi connectivity index (χ0) is 21.3. The van der Waals surface area contributed by atoms with E-state index < -0.39 is 0 Å². The molecule has 2 aromatic carbocycles. The number of methoxy groups -OCH3 is 1. The highest BCUT2D eigenvalue weighted by Crippen LogP contribution is 2.20. The molecule has 0 aliphatic carbocycles. The number of benzene rings is 2. The van der Waals surface area contributed by atoms with Gasteiger partial charge in [0.15, 0.2) is 0 Å². The number of ether oxygens (including phenoxy) is 2. The Morgan fingerprint density at radius 3 is 2.70 bits per heavy atom. The molecule has 1 aliphatic rings. The number of likely N-dealkylation sites (tertiary alicyclic amines) is 1. The van der Waals surface area contributed by atoms with Crippen molar-refractivity contribution in [3.8, 4) is 11.5 Å². The van der Waals surface area contributed by atoms with Gasteiger partial charge in [-0.25, -0.2) is 0 Å². The number of piperidine rings is 1. The van der Waals surface area contributed by atoms with Crippen LogP contribution in [-0.4, -0.2) is 43.7 Å². The number of amides is 1. The minimum atomic E-state index is 0.130. The molecule has 0 spiro atoms. The molecule has 1 saturated heterocycles. The molecule has 0 bridgehead atoms. The van der Waals surface area contributed by atoms with Crippen LogP contribution in [0.5, 0.6) is 11.5 Å². The van der Waals surface area contributed by atoms with Crippen LogP contribution in [0.15, 0.2) is 42.5 Å². The summed E-state index contributed by atoms with van der Waals surface area (Å²) in [6.07, 6.45) is 3.23. The Morgan fingerprint density at radius 2 is 1.93 bits per heavy atom. The van der Waals surface area contributed by atoms with Gasteiger partial charge >= 0.3 is 0 Å². The largest absolute Gasteiger partial charge is 0.497 e. The second kappa shape index (κ2) is 11.0. The van der Waals surface area contributed by atoms with Crippen LogP contribution in [0.1, 0.15) is 42.4 Å². The van der Waals surface area contributed by atoms with Gasteiger partial charge in [0.2, 0.25) is 5.91 Å². The second-order valence-corrected chi connectivity index (χ2v) is 8.19. The van der Waals surface area contributed by atoms with Crippen molar-refractivity contribution in [2.75, 3.05) is 26.8 Å². The van der Waals surface area contributed by atoms with Gasteiger partial charge in [0.05, 0.1) is 13.7 Å². The summed E-state index contributed by atoms with van der Waals surface area (Å²) in [5, 5.41) is 3.20. The van der Waals surface area contributed by atoms with Gasteiger partial charge in [0, 0.05) is 32.1 Å². The average molecular weight is 411 g/mol. The summed E-state index contributed by atoms with van der Waals surface area (Å²) < 4.78 is 11.2. The maximum Gasteiger partial charge on any atom is 0.220 e. The third-order valence-electron chi connectivity index (χ3n) is 5.64. The third-order valence-corrected chi connectivity index (χ3v) is 5.64. The molecule has 3 rings (SSSR count). The zero-order valence-corrected chi connectivity index (χ0v) is 18.4. The molecule has 1 fully saturated rings. The Morgan fingerprint density at radius 1 is 1.13 bits per heavy atom. The number of hydrogen-bond acceptors (Lipinski definition) is 4. The molecular weight excluding hydrogens is 376 g/mol. The summed E-state index contributed by atoms with van der Waals surface area (Å²) in [5.74, 6) is 1.95. The van der Waals surface area contributed by atoms with E-state index in [2.05, 4.69) is 47.5 Å². The average Bonchev–Trinajstić information content (AvgIpc) is 2.75. The molecule has 1 amide bonds. The van der Waals surface area contributed by atoms with Crippen LogP contribution in [0.2, 0.25) is 0 Å². The van der Waals surface area contributed by atoms with Crippen LogP contribution in [0.25, 0.3) is 0 Å². The van der Waals surface area contributed by atoms with Gasteiger partial charge in [-0.1, -0.05) is 24.3 Å². The highest BCUT2D eigenvalue weighted by Gasteiger charge is 2.20. The van der Waals surface area contributed by atoms with Crippen molar-refractivity contribution in [1.82, 2.24) is 10.2 Å². The van der Waals surface area contributed by atoms with Gasteiger partial charge in [0.25, 0.3) is 0 Å². The summed E-state index contributed by atoms with van der Waals surface area (Å²) in [6, 6.07) is 14.7. The molecule has 1 aliphatic heterocycles. The number of carbonyl (C=O) groups excluding carboxylic acids is 1. The molecule has 30 heavy (non-hydrogen) atoms. The Hall–Kier alpha value is -2.53. The van der Waals surface area contributed by atoms with E-state index in [0.29, 0.717) is 13.0 Å². The van der Waals surface area contributed by atoms with Crippen LogP contribution >= 0.6 is 0 Å². The molecular formula is C25H34N2O3. The SMILES string of the molecule is COc1cccc(CN2CCC(NC(=O)CCCOc3cc(C)ccc3C)CC2)c1. The summed E-state index contributed by atoms with van der Waals surface area (Å²) >= 11 is 0. The van der Waals surface area contributed by atoms with Gasteiger partial charge in [-0.2, -0.15) is 0 Å². The fourth-order valence-corrected chi connectivity index (χ4v) is 3.84. The first-order valence-electron chi connectivity index (χ1n) is 10.9. The maximum absolute atomic E-state index is 12.3. The number of rotatable bonds is 9. The number of nitrogens with zero attached hydrogens (tertiary/aromatic N) is 1. The van der Waals surface area contributed by atoms with E-state index in [4.69, 9.17) is 9.47 Å². The van der Waals surface area contributed by atoms with Crippen molar-refractivity contribution in [2.24, 2.45) is 0 Å². The number of nitrogens with one attached hydrogen (secondary N) is 1. The standard InChI is InChI=1S/C25H34N2O3/c1-19-9-10-20(2)24(16-19)30-15-5-8-25(28)26-22-11-13-27(14-12-22)18-21-6-4-7-23(17-21)29-3/h4,6-7,9-10,16-17,22H,5,8,11-15,18H2,1-3H3,(H,26,28). The zero-order valence-electron chi connectivity index (χ0n) is 18.4. The monoisotopic (exact) mass is 410 g/mol. The van der Waals surface area contributed by atoms with Crippen LogP contribution in [0.3, 0.4) is 0 Å². The molecule has 0 unspecified atom stereocenters. The summed E-state index contributed by atoms with van der Waals surface area (Å²) in [4.78, 5) is 14.7. The van der Waals surface area contributed by atoms with E-state index in [1.165, 1.54) is 11.1 Å². The van der Waals surface area contributed by atoms with E-state index in [1.807, 2.05) is 19.1 Å². The summed E-state index contributed by atoms with van der Waals surface area (Å²) in [6.45, 7) is 7.59. The highest BCUT2D eigenvalue weighted by atomic mass is 16.5. The van der Waals surface area contributed by atoms with E-state index in [0.717, 1.165) is 56.0 Å². The lowest BCUT2D eigenvalue weighted by Crippen LogP contribution is -2.44. The predicted octanol–water partition coefficient (Wildman–Crippen LogP) is 4.25. The minimum Gasteiger partial charge on any atom is -0.497 e. The Labute approximate surface area is 180 Å². The molecule has 0 saturated carbocycles. The van der Waals surface area contributed by atoms with Gasteiger partial charge in [-0.05, 0) is 68.0 Å². The molecule has 1 heterocycles. The lowest BCUT2D eigenvalue weighted by atomic mass is 10.0. The van der Waals surface area contributed by atoms with Crippen molar-refractivity contribution < 1.29 is 14.3 Å². The molecule has 5 nitrogen and oxygen atoms in total. The lowest BCUT2D eigenvalue weighted by molar-refractivity contribution is -0.122. The summed E-state index contributed by atoms with van der Waals surface area (Å²) in [5.41, 5.74) is 3.58. The van der Waals surface area contributed by atoms with Gasteiger partial charge in [-0.3, -0.25) is 9.69 Å². The van der Waals surface area contributed by atoms with Crippen molar-refractivity contribution in [1.29, 1.82) is 0 Å². The Bertz CT molecular complexity index is 829. The van der Waals surface area contributed by atoms with Crippen molar-refractivity contribution >= 4 is 5.91 Å². The van der Waals surface area contributed by atoms with Gasteiger partial charge in [0.1, 0.15) is 11.5 Å². The van der Waals surface area contributed by atoms with Crippen molar-refractivity contribution in [3.63, 3.8) is 0 Å². The first-order valence-corrected chi connectivity index (χ1v) is 10.9. The van der Waals surface area contributed by atoms with Crippen LogP contribution in [0.4, 0.5) is 0 Å². The van der Waals surface area contributed by atoms with Crippen LogP contribution in [-0.2, 0) is 11.3 Å². The first-order chi connectivity index (χ1) is 14.5. The topological polar surface area (TPSA) is 50.8 Å². The highest BCUT2D eigenvalue weighted by molar-refractivity contribution is 5.76. The van der Waals surface area contributed by atoms with Gasteiger partial charge < -0.3 is 14.8 Å². The summed E-state index contributed by atoms with van der Waals surface area (Å²) in [7, 11) is 1.70. The van der Waals surface area contributed by atoms with E-state index >= 15 is 0 Å². The fourth-order valence-electron chi connectivity index (χ4n) is 3.84. The quantitative estimate of drug-likeness (QED) is 0.628. The van der Waals surface area contributed by atoms with Gasteiger partial charge in [-0.15, -0.1) is 0 Å². The molecule has 2 aromatic rings. The molecule has 0 aromatic heterocycles. The Balaban J connectivity index is 1.32. The maximum atomic E-state index is 12.3. The second-order valence-electron chi connectivity index (χ2n) is 8.19. The van der Waals surface area contributed by atoms with Crippen molar-refractivity contribution in [3.05, 3.63) is 59.2 Å². The van der Waals surface area contributed by atoms with Crippen LogP contribution in [0, 0.1) is 13.8 Å². The molecule has 162 valence electrons. The van der Waals surface area contributed by atoms with E-state index in [-0.39, 0.29) is 11.9 Å². The van der Waals surface area contributed by atoms with Crippen LogP contribution < -0.4 is 14.8 Å². The third kappa shape index (κ3) is 6.77. The minimum absolute atomic E-state index is 0.130. The number of hydrogen-bond donors (Lipinski definition) is 1. The Kier molecular flexibility index (Phi) is 8.14. The predicted molar refractivity (Wildman–Crippen MR) is 120 cm³/mol. The van der Waals surface area contributed by atoms with E-state index in [1.54, 1.807) is 7.11 Å². The van der Waals surface area contributed by atoms with E-state index in [9.17, 15) is 4.79 Å². The number of carbonyl (C=O) groups is 1. The lowest BCUT2D eigenvalue weighted by Gasteiger charge is -2.32. The van der Waals surface area contributed by atoms with Crippen molar-refractivity contribution in [2.45, 2.75) is 52.1 Å². The fraction of sp³-hybridized carbons (Fsp3) is 0.480. The first kappa shape index (κ1) is 22.2. The molecule has 0 radical (unpaired) electrons. The normalized spacial score (nSPS) is 15.0. The smallest absolute Gasteiger partial charge is 0.220 e. The molecule has 0 atom stereocenters.